The first-order valence-corrected chi connectivity index (χ1v) is 11.9. The minimum Gasteiger partial charge on any atom is -0.508 e. The van der Waals surface area contributed by atoms with E-state index in [9.17, 15) is 5.11 Å². The summed E-state index contributed by atoms with van der Waals surface area (Å²) in [5, 5.41) is 16.2. The molecule has 0 spiro atoms. The molecule has 0 aliphatic carbocycles. The molecule has 6 nitrogen and oxygen atoms in total. The summed E-state index contributed by atoms with van der Waals surface area (Å²) in [6.45, 7) is 7.81. The number of hydrogen-bond donors (Lipinski definition) is 2. The van der Waals surface area contributed by atoms with E-state index in [0.717, 1.165) is 42.5 Å². The maximum Gasteiger partial charge on any atom is 0.175 e. The van der Waals surface area contributed by atoms with Gasteiger partial charge in [-0.15, -0.1) is 0 Å². The van der Waals surface area contributed by atoms with Crippen LogP contribution in [0.15, 0.2) is 42.6 Å². The van der Waals surface area contributed by atoms with Crippen LogP contribution in [0.1, 0.15) is 39.4 Å². The molecule has 6 rings (SSSR count). The number of fused-ring (bicyclic) bond motifs is 4. The second kappa shape index (κ2) is 7.60. The predicted molar refractivity (Wildman–Crippen MR) is 133 cm³/mol. The maximum atomic E-state index is 16.2. The van der Waals surface area contributed by atoms with Crippen LogP contribution in [0.3, 0.4) is 0 Å². The van der Waals surface area contributed by atoms with Crippen LogP contribution in [-0.2, 0) is 5.41 Å². The fourth-order valence-electron chi connectivity index (χ4n) is 5.27. The van der Waals surface area contributed by atoms with E-state index in [1.807, 2.05) is 45.0 Å². The van der Waals surface area contributed by atoms with Crippen molar-refractivity contribution in [3.8, 4) is 17.0 Å². The summed E-state index contributed by atoms with van der Waals surface area (Å²) in [5.74, 6) is 0.954. The molecule has 2 aliphatic rings. The Balaban J connectivity index is 1.59. The molecule has 2 fully saturated rings. The summed E-state index contributed by atoms with van der Waals surface area (Å²) in [6, 6.07) is 11.7. The lowest BCUT2D eigenvalue weighted by Gasteiger charge is -2.35. The Morgan fingerprint density at radius 3 is 2.50 bits per heavy atom. The molecule has 4 aromatic rings. The summed E-state index contributed by atoms with van der Waals surface area (Å²) < 4.78 is 16.2. The molecule has 34 heavy (non-hydrogen) atoms. The van der Waals surface area contributed by atoms with Gasteiger partial charge in [0.1, 0.15) is 28.6 Å². The third-order valence-corrected chi connectivity index (χ3v) is 6.95. The minimum atomic E-state index is -0.486. The van der Waals surface area contributed by atoms with E-state index >= 15 is 4.39 Å². The fraction of sp³-hybridized carbons (Fsp3) is 0.370. The van der Waals surface area contributed by atoms with Gasteiger partial charge in [-0.2, -0.15) is 0 Å². The molecule has 2 aromatic heterocycles. The number of nitrogens with one attached hydrogen (secondary N) is 1. The van der Waals surface area contributed by atoms with Crippen molar-refractivity contribution in [1.29, 1.82) is 0 Å². The van der Waals surface area contributed by atoms with E-state index in [0.29, 0.717) is 28.9 Å². The lowest BCUT2D eigenvalue weighted by molar-refractivity contribution is 0.462. The predicted octanol–water partition coefficient (Wildman–Crippen LogP) is 4.93. The number of aromatic hydroxyl groups is 1. The summed E-state index contributed by atoms with van der Waals surface area (Å²) >= 11 is 0. The van der Waals surface area contributed by atoms with Crippen molar-refractivity contribution < 1.29 is 9.50 Å². The number of nitrogens with zero attached hydrogens (tertiary/aromatic N) is 4. The number of anilines is 1. The second-order valence-corrected chi connectivity index (χ2v) is 10.6. The van der Waals surface area contributed by atoms with Crippen molar-refractivity contribution in [2.75, 3.05) is 18.0 Å². The average molecular weight is 458 g/mol. The van der Waals surface area contributed by atoms with Crippen LogP contribution < -0.4 is 10.2 Å². The molecule has 2 aliphatic heterocycles. The van der Waals surface area contributed by atoms with Gasteiger partial charge in [-0.05, 0) is 35.7 Å². The molecule has 2 saturated heterocycles. The van der Waals surface area contributed by atoms with Gasteiger partial charge in [0.05, 0.1) is 5.39 Å². The average Bonchev–Trinajstić information content (AvgIpc) is 3.15. The number of rotatable bonds is 2. The van der Waals surface area contributed by atoms with Gasteiger partial charge in [-0.3, -0.25) is 4.98 Å². The molecule has 2 bridgehead atoms. The molecule has 2 unspecified atom stereocenters. The number of phenols is 1. The third kappa shape index (κ3) is 3.46. The number of pyridine rings is 1. The summed E-state index contributed by atoms with van der Waals surface area (Å²) in [6.07, 6.45) is 3.99. The van der Waals surface area contributed by atoms with Crippen LogP contribution in [0.5, 0.6) is 5.75 Å². The number of hydrogen-bond acceptors (Lipinski definition) is 6. The van der Waals surface area contributed by atoms with Crippen LogP contribution in [0.2, 0.25) is 0 Å². The molecule has 174 valence electrons. The molecular weight excluding hydrogens is 429 g/mol. The van der Waals surface area contributed by atoms with Crippen LogP contribution >= 0.6 is 0 Å². The highest BCUT2D eigenvalue weighted by Crippen LogP contribution is 2.37. The smallest absolute Gasteiger partial charge is 0.175 e. The molecule has 2 atom stereocenters. The van der Waals surface area contributed by atoms with Crippen LogP contribution in [0, 0.1) is 5.82 Å². The summed E-state index contributed by atoms with van der Waals surface area (Å²) in [7, 11) is 0. The molecule has 7 heteroatoms. The second-order valence-electron chi connectivity index (χ2n) is 10.6. The standard InChI is InChI=1S/C27H28FN5O/c1-27(2,3)26-31-24-21(25(32-26)33-13-16-8-9-17(14-33)30-16)12-29-23(22(24)28)20-11-18(34)10-15-6-4-5-7-19(15)20/h4-7,10-12,16-17,30,34H,8-9,13-14H2,1-3H3. The highest BCUT2D eigenvalue weighted by atomic mass is 19.1. The quantitative estimate of drug-likeness (QED) is 0.445. The van der Waals surface area contributed by atoms with Crippen molar-refractivity contribution in [2.45, 2.75) is 51.1 Å². The van der Waals surface area contributed by atoms with E-state index in [1.54, 1.807) is 18.3 Å². The van der Waals surface area contributed by atoms with Crippen molar-refractivity contribution in [2.24, 2.45) is 0 Å². The van der Waals surface area contributed by atoms with Crippen LogP contribution in [0.25, 0.3) is 32.9 Å². The number of halogens is 1. The van der Waals surface area contributed by atoms with Gasteiger partial charge in [-0.25, -0.2) is 14.4 Å². The molecule has 2 aromatic carbocycles. The molecule has 0 amide bonds. The van der Waals surface area contributed by atoms with Gasteiger partial charge in [0, 0.05) is 42.3 Å². The molecular formula is C27H28FN5O. The zero-order valence-corrected chi connectivity index (χ0v) is 19.6. The maximum absolute atomic E-state index is 16.2. The highest BCUT2D eigenvalue weighted by molar-refractivity contribution is 5.99. The van der Waals surface area contributed by atoms with Crippen molar-refractivity contribution >= 4 is 27.5 Å². The molecule has 0 radical (unpaired) electrons. The zero-order chi connectivity index (χ0) is 23.6. The number of phenolic OH excluding ortho intramolecular Hbond substituents is 1. The van der Waals surface area contributed by atoms with E-state index in [2.05, 4.69) is 15.2 Å². The van der Waals surface area contributed by atoms with Crippen LogP contribution in [-0.4, -0.2) is 45.2 Å². The Labute approximate surface area is 197 Å². The Kier molecular flexibility index (Phi) is 4.74. The number of piperazine rings is 1. The highest BCUT2D eigenvalue weighted by Gasteiger charge is 2.34. The molecule has 4 heterocycles. The van der Waals surface area contributed by atoms with Crippen LogP contribution in [0.4, 0.5) is 10.2 Å². The number of aromatic nitrogens is 3. The van der Waals surface area contributed by atoms with Gasteiger partial charge in [-0.1, -0.05) is 45.0 Å². The Morgan fingerprint density at radius 1 is 1.03 bits per heavy atom. The van der Waals surface area contributed by atoms with Gasteiger partial charge in [0.15, 0.2) is 5.82 Å². The third-order valence-electron chi connectivity index (χ3n) is 6.95. The van der Waals surface area contributed by atoms with E-state index in [4.69, 9.17) is 9.97 Å². The zero-order valence-electron chi connectivity index (χ0n) is 19.6. The van der Waals surface area contributed by atoms with Gasteiger partial charge < -0.3 is 15.3 Å². The summed E-state index contributed by atoms with van der Waals surface area (Å²) in [5.41, 5.74) is 0.666. The SMILES string of the molecule is CC(C)(C)c1nc(N2CC3CCC(C2)N3)c2cnc(-c3cc(O)cc4ccccc34)c(F)c2n1. The first-order valence-electron chi connectivity index (χ1n) is 11.9. The minimum absolute atomic E-state index is 0.0741. The normalized spacial score (nSPS) is 20.4. The van der Waals surface area contributed by atoms with E-state index in [1.165, 1.54) is 0 Å². The Bertz CT molecular complexity index is 1420. The fourth-order valence-corrected chi connectivity index (χ4v) is 5.27. The Morgan fingerprint density at radius 2 is 1.76 bits per heavy atom. The van der Waals surface area contributed by atoms with Crippen molar-refractivity contribution in [1.82, 2.24) is 20.3 Å². The molecule has 2 N–H and O–H groups in total. The number of benzene rings is 2. The van der Waals surface area contributed by atoms with Gasteiger partial charge in [0.2, 0.25) is 0 Å². The monoisotopic (exact) mass is 457 g/mol. The van der Waals surface area contributed by atoms with Crippen molar-refractivity contribution in [3.63, 3.8) is 0 Å². The Hall–Kier alpha value is -3.32. The first-order chi connectivity index (χ1) is 16.3. The van der Waals surface area contributed by atoms with Gasteiger partial charge >= 0.3 is 0 Å². The molecule has 0 saturated carbocycles. The van der Waals surface area contributed by atoms with E-state index in [-0.39, 0.29) is 22.4 Å². The van der Waals surface area contributed by atoms with Gasteiger partial charge in [0.25, 0.3) is 0 Å². The largest absolute Gasteiger partial charge is 0.508 e. The lowest BCUT2D eigenvalue weighted by atomic mass is 9.95. The lowest BCUT2D eigenvalue weighted by Crippen LogP contribution is -2.51. The summed E-state index contributed by atoms with van der Waals surface area (Å²) in [4.78, 5) is 16.5. The topological polar surface area (TPSA) is 74.2 Å². The van der Waals surface area contributed by atoms with Crippen molar-refractivity contribution in [3.05, 3.63) is 54.2 Å². The first kappa shape index (κ1) is 21.2. The van der Waals surface area contributed by atoms with E-state index < -0.39 is 5.82 Å².